The van der Waals surface area contributed by atoms with E-state index in [0.29, 0.717) is 12.8 Å². The van der Waals surface area contributed by atoms with Gasteiger partial charge in [-0.1, -0.05) is 37.3 Å². The predicted molar refractivity (Wildman–Crippen MR) is 69.2 cm³/mol. The number of hydrogen-bond acceptors (Lipinski definition) is 3. The lowest BCUT2D eigenvalue weighted by Crippen LogP contribution is -2.34. The Balaban J connectivity index is 2.60. The molecule has 1 aromatic rings. The fraction of sp³-hybridized carbons (Fsp3) is 0.429. The van der Waals surface area contributed by atoms with Crippen molar-refractivity contribution in [2.45, 2.75) is 32.2 Å². The van der Waals surface area contributed by atoms with E-state index in [9.17, 15) is 9.59 Å². The molecule has 4 nitrogen and oxygen atoms in total. The lowest BCUT2D eigenvalue weighted by atomic mass is 9.90. The summed E-state index contributed by atoms with van der Waals surface area (Å²) in [5, 5.41) is 8.76. The lowest BCUT2D eigenvalue weighted by Gasteiger charge is -2.16. The van der Waals surface area contributed by atoms with Crippen molar-refractivity contribution in [3.05, 3.63) is 35.9 Å². The summed E-state index contributed by atoms with van der Waals surface area (Å²) in [6.45, 7) is 1.88. The highest BCUT2D eigenvalue weighted by Gasteiger charge is 2.23. The van der Waals surface area contributed by atoms with Gasteiger partial charge in [-0.25, -0.2) is 0 Å². The zero-order valence-electron chi connectivity index (χ0n) is 10.5. The van der Waals surface area contributed by atoms with E-state index >= 15 is 0 Å². The highest BCUT2D eigenvalue weighted by molar-refractivity contribution is 5.84. The molecule has 18 heavy (non-hydrogen) atoms. The Hall–Kier alpha value is -1.68. The maximum atomic E-state index is 12.1. The molecule has 3 N–H and O–H groups in total. The van der Waals surface area contributed by atoms with Gasteiger partial charge in [0.15, 0.2) is 0 Å². The van der Waals surface area contributed by atoms with E-state index in [2.05, 4.69) is 0 Å². The Morgan fingerprint density at radius 2 is 1.89 bits per heavy atom. The molecule has 0 aliphatic carbocycles. The molecule has 0 spiro atoms. The van der Waals surface area contributed by atoms with Crippen molar-refractivity contribution in [1.82, 2.24) is 0 Å². The van der Waals surface area contributed by atoms with Gasteiger partial charge in [0.1, 0.15) is 11.8 Å². The lowest BCUT2D eigenvalue weighted by molar-refractivity contribution is -0.139. The van der Waals surface area contributed by atoms with Gasteiger partial charge in [0.05, 0.1) is 0 Å². The average molecular weight is 249 g/mol. The van der Waals surface area contributed by atoms with Crippen LogP contribution in [0.2, 0.25) is 0 Å². The number of nitrogens with two attached hydrogens (primary N) is 1. The standard InChI is InChI=1S/C14H19NO3/c1-2-11(9-12(15)14(17)18)13(16)8-10-6-4-3-5-7-10/h3-7,11-12H,2,8-9,15H2,1H3,(H,17,18). The monoisotopic (exact) mass is 249 g/mol. The molecule has 0 heterocycles. The molecule has 0 fully saturated rings. The van der Waals surface area contributed by atoms with Gasteiger partial charge in [-0.3, -0.25) is 9.59 Å². The molecule has 0 bridgehead atoms. The second-order valence-electron chi connectivity index (χ2n) is 4.41. The first kappa shape index (κ1) is 14.4. The molecule has 1 aromatic carbocycles. The average Bonchev–Trinajstić information content (AvgIpc) is 2.36. The Labute approximate surface area is 107 Å². The third-order valence-corrected chi connectivity index (χ3v) is 3.02. The van der Waals surface area contributed by atoms with Crippen LogP contribution in [0.3, 0.4) is 0 Å². The molecule has 4 heteroatoms. The molecule has 2 unspecified atom stereocenters. The van der Waals surface area contributed by atoms with Crippen LogP contribution < -0.4 is 5.73 Å². The van der Waals surface area contributed by atoms with Crippen LogP contribution >= 0.6 is 0 Å². The van der Waals surface area contributed by atoms with E-state index in [1.807, 2.05) is 37.3 Å². The number of Topliss-reactive ketones (excluding diaryl/α,β-unsaturated/α-hetero) is 1. The molecule has 1 rings (SSSR count). The molecular formula is C14H19NO3. The molecule has 98 valence electrons. The largest absolute Gasteiger partial charge is 0.480 e. The highest BCUT2D eigenvalue weighted by atomic mass is 16.4. The zero-order valence-corrected chi connectivity index (χ0v) is 10.5. The van der Waals surface area contributed by atoms with Gasteiger partial charge in [-0.15, -0.1) is 0 Å². The van der Waals surface area contributed by atoms with E-state index in [-0.39, 0.29) is 18.1 Å². The van der Waals surface area contributed by atoms with Crippen molar-refractivity contribution < 1.29 is 14.7 Å². The number of aliphatic carboxylic acids is 1. The van der Waals surface area contributed by atoms with Crippen LogP contribution in [0.25, 0.3) is 0 Å². The van der Waals surface area contributed by atoms with Crippen LogP contribution in [0, 0.1) is 5.92 Å². The number of ketones is 1. The van der Waals surface area contributed by atoms with Crippen molar-refractivity contribution in [2.75, 3.05) is 0 Å². The normalized spacial score (nSPS) is 13.9. The molecular weight excluding hydrogens is 230 g/mol. The van der Waals surface area contributed by atoms with E-state index in [1.165, 1.54) is 0 Å². The van der Waals surface area contributed by atoms with Gasteiger partial charge in [0.2, 0.25) is 0 Å². The fourth-order valence-corrected chi connectivity index (χ4v) is 1.87. The van der Waals surface area contributed by atoms with Crippen LogP contribution in [0.1, 0.15) is 25.3 Å². The molecule has 0 amide bonds. The van der Waals surface area contributed by atoms with Crippen LogP contribution in [0.4, 0.5) is 0 Å². The van der Waals surface area contributed by atoms with Crippen molar-refractivity contribution in [1.29, 1.82) is 0 Å². The number of carbonyl (C=O) groups excluding carboxylic acids is 1. The van der Waals surface area contributed by atoms with Crippen LogP contribution in [0.5, 0.6) is 0 Å². The van der Waals surface area contributed by atoms with Gasteiger partial charge in [0, 0.05) is 12.3 Å². The van der Waals surface area contributed by atoms with Crippen molar-refractivity contribution in [3.8, 4) is 0 Å². The first-order chi connectivity index (χ1) is 8.54. The summed E-state index contributed by atoms with van der Waals surface area (Å²) in [5.74, 6) is -1.28. The van der Waals surface area contributed by atoms with Crippen molar-refractivity contribution in [3.63, 3.8) is 0 Å². The third kappa shape index (κ3) is 4.30. The molecule has 0 aliphatic heterocycles. The fourth-order valence-electron chi connectivity index (χ4n) is 1.87. The second-order valence-corrected chi connectivity index (χ2v) is 4.41. The van der Waals surface area contributed by atoms with Gasteiger partial charge in [0.25, 0.3) is 0 Å². The molecule has 0 radical (unpaired) electrons. The van der Waals surface area contributed by atoms with E-state index in [1.54, 1.807) is 0 Å². The Kier molecular flexibility index (Phi) is 5.52. The zero-order chi connectivity index (χ0) is 13.5. The Morgan fingerprint density at radius 1 is 1.28 bits per heavy atom. The van der Waals surface area contributed by atoms with Gasteiger partial charge < -0.3 is 10.8 Å². The maximum absolute atomic E-state index is 12.1. The van der Waals surface area contributed by atoms with Crippen LogP contribution in [0.15, 0.2) is 30.3 Å². The Morgan fingerprint density at radius 3 is 2.39 bits per heavy atom. The molecule has 0 aliphatic rings. The van der Waals surface area contributed by atoms with Crippen LogP contribution in [-0.2, 0) is 16.0 Å². The molecule has 2 atom stereocenters. The first-order valence-corrected chi connectivity index (χ1v) is 6.09. The summed E-state index contributed by atoms with van der Waals surface area (Å²) >= 11 is 0. The van der Waals surface area contributed by atoms with Gasteiger partial charge in [-0.05, 0) is 18.4 Å². The van der Waals surface area contributed by atoms with E-state index in [0.717, 1.165) is 5.56 Å². The maximum Gasteiger partial charge on any atom is 0.320 e. The SMILES string of the molecule is CCC(CC(N)C(=O)O)C(=O)Cc1ccccc1. The Bertz CT molecular complexity index is 403. The second kappa shape index (κ2) is 6.91. The van der Waals surface area contributed by atoms with Crippen molar-refractivity contribution >= 4 is 11.8 Å². The highest BCUT2D eigenvalue weighted by Crippen LogP contribution is 2.15. The molecule has 0 saturated carbocycles. The van der Waals surface area contributed by atoms with E-state index < -0.39 is 12.0 Å². The number of rotatable bonds is 7. The minimum atomic E-state index is -1.05. The number of carboxylic acids is 1. The smallest absolute Gasteiger partial charge is 0.320 e. The summed E-state index contributed by atoms with van der Waals surface area (Å²) in [5.41, 5.74) is 6.42. The number of carboxylic acid groups (broad SMARTS) is 1. The van der Waals surface area contributed by atoms with Gasteiger partial charge in [-0.2, -0.15) is 0 Å². The summed E-state index contributed by atoms with van der Waals surface area (Å²) in [7, 11) is 0. The number of carbonyl (C=O) groups is 2. The minimum Gasteiger partial charge on any atom is -0.480 e. The number of benzene rings is 1. The summed E-state index contributed by atoms with van der Waals surface area (Å²) in [4.78, 5) is 22.7. The quantitative estimate of drug-likeness (QED) is 0.769. The first-order valence-electron chi connectivity index (χ1n) is 6.09. The minimum absolute atomic E-state index is 0.0559. The summed E-state index contributed by atoms with van der Waals surface area (Å²) < 4.78 is 0. The predicted octanol–water partition coefficient (Wildman–Crippen LogP) is 1.63. The summed E-state index contributed by atoms with van der Waals surface area (Å²) in [6.07, 6.45) is 1.16. The van der Waals surface area contributed by atoms with Gasteiger partial charge >= 0.3 is 5.97 Å². The molecule has 0 aromatic heterocycles. The summed E-state index contributed by atoms with van der Waals surface area (Å²) in [6, 6.07) is 8.48. The third-order valence-electron chi connectivity index (χ3n) is 3.02. The molecule has 0 saturated heterocycles. The number of hydrogen-bond donors (Lipinski definition) is 2. The van der Waals surface area contributed by atoms with Crippen molar-refractivity contribution in [2.24, 2.45) is 11.7 Å². The van der Waals surface area contributed by atoms with E-state index in [4.69, 9.17) is 10.8 Å². The van der Waals surface area contributed by atoms with Crippen LogP contribution in [-0.4, -0.2) is 22.9 Å². The topological polar surface area (TPSA) is 80.4 Å².